The monoisotopic (exact) mass is 170 g/mol. The summed E-state index contributed by atoms with van der Waals surface area (Å²) in [5.41, 5.74) is -1.62. The average Bonchev–Trinajstić information content (AvgIpc) is 2.03. The minimum atomic E-state index is -1.62. The molecule has 1 atom stereocenters. The molecule has 0 fully saturated rings. The number of rotatable bonds is 2. The summed E-state index contributed by atoms with van der Waals surface area (Å²) in [5.74, 6) is 0.220. The van der Waals surface area contributed by atoms with E-state index in [0.29, 0.717) is 12.0 Å². The van der Waals surface area contributed by atoms with Crippen LogP contribution in [0.2, 0.25) is 0 Å². The number of allylic oxidation sites excluding steroid dienone is 1. The van der Waals surface area contributed by atoms with Crippen LogP contribution >= 0.6 is 0 Å². The maximum Gasteiger partial charge on any atom is 0.156 e. The lowest BCUT2D eigenvalue weighted by molar-refractivity contribution is -0.120. The van der Waals surface area contributed by atoms with E-state index in [2.05, 4.69) is 0 Å². The topological polar surface area (TPSA) is 66.8 Å². The second-order valence-corrected chi connectivity index (χ2v) is 2.67. The number of aldehydes is 1. The smallest absolute Gasteiger partial charge is 0.156 e. The van der Waals surface area contributed by atoms with Gasteiger partial charge in [-0.2, -0.15) is 0 Å². The van der Waals surface area contributed by atoms with Crippen LogP contribution in [-0.2, 0) is 9.53 Å². The van der Waals surface area contributed by atoms with Crippen molar-refractivity contribution >= 4 is 6.29 Å². The maximum atomic E-state index is 10.4. The number of methoxy groups -OCH3 is 1. The first-order valence-corrected chi connectivity index (χ1v) is 3.45. The van der Waals surface area contributed by atoms with Gasteiger partial charge in [-0.15, -0.1) is 0 Å². The number of ether oxygens (including phenoxy) is 1. The number of carbonyl (C=O) groups excluding carboxylic acids is 1. The Bertz CT molecular complexity index is 254. The van der Waals surface area contributed by atoms with Crippen LogP contribution in [0.5, 0.6) is 0 Å². The second-order valence-electron chi connectivity index (χ2n) is 2.67. The molecule has 4 nitrogen and oxygen atoms in total. The standard InChI is InChI=1S/C8H10O4/c1-12-7-2-6(10)3-8(11,4-7)5-9/h2-3,5,10-11H,4H2,1H3. The predicted octanol–water partition coefficient (Wildman–Crippen LogP) is 0.292. The van der Waals surface area contributed by atoms with Gasteiger partial charge in [-0.25, -0.2) is 0 Å². The molecule has 0 aliphatic heterocycles. The molecule has 4 heteroatoms. The number of hydrogen-bond donors (Lipinski definition) is 2. The van der Waals surface area contributed by atoms with Crippen molar-refractivity contribution in [1.29, 1.82) is 0 Å². The van der Waals surface area contributed by atoms with Crippen molar-refractivity contribution in [3.8, 4) is 0 Å². The quantitative estimate of drug-likeness (QED) is 0.584. The molecular formula is C8H10O4. The van der Waals surface area contributed by atoms with Crippen LogP contribution in [0.4, 0.5) is 0 Å². The molecule has 0 spiro atoms. The fourth-order valence-corrected chi connectivity index (χ4v) is 1.05. The van der Waals surface area contributed by atoms with Gasteiger partial charge in [0.1, 0.15) is 17.1 Å². The second kappa shape index (κ2) is 2.98. The third kappa shape index (κ3) is 1.65. The summed E-state index contributed by atoms with van der Waals surface area (Å²) >= 11 is 0. The van der Waals surface area contributed by atoms with Gasteiger partial charge in [0.05, 0.1) is 7.11 Å². The molecule has 0 aromatic rings. The van der Waals surface area contributed by atoms with E-state index < -0.39 is 5.60 Å². The highest BCUT2D eigenvalue weighted by Crippen LogP contribution is 2.23. The Morgan fingerprint density at radius 2 is 2.42 bits per heavy atom. The van der Waals surface area contributed by atoms with Gasteiger partial charge in [-0.3, -0.25) is 4.79 Å². The largest absolute Gasteiger partial charge is 0.508 e. The van der Waals surface area contributed by atoms with E-state index in [1.807, 2.05) is 0 Å². The average molecular weight is 170 g/mol. The molecule has 12 heavy (non-hydrogen) atoms. The Balaban J connectivity index is 2.92. The van der Waals surface area contributed by atoms with E-state index in [-0.39, 0.29) is 12.2 Å². The zero-order valence-corrected chi connectivity index (χ0v) is 6.65. The molecule has 0 saturated heterocycles. The SMILES string of the molecule is COC1=CC(O)=CC(O)(C=O)C1. The van der Waals surface area contributed by atoms with Gasteiger partial charge in [0.15, 0.2) is 6.29 Å². The lowest BCUT2D eigenvalue weighted by atomic mass is 9.95. The summed E-state index contributed by atoms with van der Waals surface area (Å²) in [6, 6.07) is 0. The lowest BCUT2D eigenvalue weighted by Gasteiger charge is -2.22. The highest BCUT2D eigenvalue weighted by atomic mass is 16.5. The molecule has 2 N–H and O–H groups in total. The summed E-state index contributed by atoms with van der Waals surface area (Å²) in [4.78, 5) is 10.4. The molecule has 1 rings (SSSR count). The highest BCUT2D eigenvalue weighted by molar-refractivity contribution is 5.67. The normalized spacial score (nSPS) is 28.8. The Labute approximate surface area is 69.8 Å². The third-order valence-electron chi connectivity index (χ3n) is 1.63. The van der Waals surface area contributed by atoms with Gasteiger partial charge in [0.2, 0.25) is 0 Å². The van der Waals surface area contributed by atoms with Crippen LogP contribution in [0.15, 0.2) is 23.7 Å². The maximum absolute atomic E-state index is 10.4. The van der Waals surface area contributed by atoms with Crippen molar-refractivity contribution in [3.63, 3.8) is 0 Å². The Hall–Kier alpha value is -1.29. The summed E-state index contributed by atoms with van der Waals surface area (Å²) in [5, 5.41) is 18.5. The van der Waals surface area contributed by atoms with Crippen molar-refractivity contribution in [2.45, 2.75) is 12.0 Å². The van der Waals surface area contributed by atoms with Crippen LogP contribution < -0.4 is 0 Å². The van der Waals surface area contributed by atoms with Crippen molar-refractivity contribution in [2.24, 2.45) is 0 Å². The van der Waals surface area contributed by atoms with Gasteiger partial charge >= 0.3 is 0 Å². The summed E-state index contributed by atoms with van der Waals surface area (Å²) < 4.78 is 4.80. The fraction of sp³-hybridized carbons (Fsp3) is 0.375. The van der Waals surface area contributed by atoms with Gasteiger partial charge in [0, 0.05) is 12.5 Å². The minimum absolute atomic E-state index is 0.0665. The summed E-state index contributed by atoms with van der Waals surface area (Å²) in [6.45, 7) is 0. The molecule has 0 saturated carbocycles. The van der Waals surface area contributed by atoms with Gasteiger partial charge in [0.25, 0.3) is 0 Å². The van der Waals surface area contributed by atoms with Crippen molar-refractivity contribution in [3.05, 3.63) is 23.7 Å². The molecule has 0 amide bonds. The first-order chi connectivity index (χ1) is 5.59. The summed E-state index contributed by atoms with van der Waals surface area (Å²) in [7, 11) is 1.41. The van der Waals surface area contributed by atoms with Gasteiger partial charge in [-0.1, -0.05) is 0 Å². The Morgan fingerprint density at radius 3 is 2.92 bits per heavy atom. The molecule has 1 unspecified atom stereocenters. The van der Waals surface area contributed by atoms with E-state index >= 15 is 0 Å². The molecule has 0 radical (unpaired) electrons. The molecule has 0 heterocycles. The predicted molar refractivity (Wildman–Crippen MR) is 41.4 cm³/mol. The van der Waals surface area contributed by atoms with Crippen molar-refractivity contribution in [2.75, 3.05) is 7.11 Å². The minimum Gasteiger partial charge on any atom is -0.508 e. The van der Waals surface area contributed by atoms with Crippen LogP contribution in [0.25, 0.3) is 0 Å². The van der Waals surface area contributed by atoms with Crippen LogP contribution in [0, 0.1) is 0 Å². The molecule has 66 valence electrons. The zero-order chi connectivity index (χ0) is 9.19. The molecule has 0 bridgehead atoms. The van der Waals surface area contributed by atoms with Crippen LogP contribution in [0.1, 0.15) is 6.42 Å². The van der Waals surface area contributed by atoms with E-state index in [4.69, 9.17) is 9.84 Å². The Morgan fingerprint density at radius 1 is 1.75 bits per heavy atom. The highest BCUT2D eigenvalue weighted by Gasteiger charge is 2.29. The molecule has 0 aromatic heterocycles. The first-order valence-electron chi connectivity index (χ1n) is 3.45. The molecular weight excluding hydrogens is 160 g/mol. The number of carbonyl (C=O) groups is 1. The number of hydrogen-bond acceptors (Lipinski definition) is 4. The lowest BCUT2D eigenvalue weighted by Crippen LogP contribution is -2.31. The van der Waals surface area contributed by atoms with Crippen molar-refractivity contribution in [1.82, 2.24) is 0 Å². The molecule has 1 aliphatic rings. The number of aliphatic hydroxyl groups is 2. The number of aliphatic hydroxyl groups excluding tert-OH is 1. The van der Waals surface area contributed by atoms with Crippen molar-refractivity contribution < 1.29 is 19.7 Å². The van der Waals surface area contributed by atoms with Crippen LogP contribution in [-0.4, -0.2) is 29.2 Å². The van der Waals surface area contributed by atoms with E-state index in [1.54, 1.807) is 0 Å². The zero-order valence-electron chi connectivity index (χ0n) is 6.65. The Kier molecular flexibility index (Phi) is 2.19. The van der Waals surface area contributed by atoms with Gasteiger partial charge < -0.3 is 14.9 Å². The van der Waals surface area contributed by atoms with Crippen LogP contribution in [0.3, 0.4) is 0 Å². The third-order valence-corrected chi connectivity index (χ3v) is 1.63. The summed E-state index contributed by atoms with van der Waals surface area (Å²) in [6.07, 6.45) is 2.88. The fourth-order valence-electron chi connectivity index (χ4n) is 1.05. The van der Waals surface area contributed by atoms with E-state index in [9.17, 15) is 9.90 Å². The first kappa shape index (κ1) is 8.80. The van der Waals surface area contributed by atoms with Gasteiger partial charge in [-0.05, 0) is 6.08 Å². The van der Waals surface area contributed by atoms with E-state index in [1.165, 1.54) is 13.2 Å². The molecule has 1 aliphatic carbocycles. The molecule has 0 aromatic carbocycles. The van der Waals surface area contributed by atoms with E-state index in [0.717, 1.165) is 6.08 Å².